The molecule has 1 aromatic carbocycles. The standard InChI is InChI=1S/C23H20F3N5O4/c1-30-21(31-4-6-33-7-5-31)10-20(29-22(30)32)34-14-15-2-3-19(16(8-15)11-27)35-18-9-17(12-28-13-18)23(24,25)26/h2-3,8-10,12-13H,4-7,14H2,1H3. The summed E-state index contributed by atoms with van der Waals surface area (Å²) in [5.74, 6) is 0.696. The summed E-state index contributed by atoms with van der Waals surface area (Å²) in [6, 6.07) is 8.96. The van der Waals surface area contributed by atoms with Crippen molar-refractivity contribution in [2.24, 2.45) is 7.05 Å². The van der Waals surface area contributed by atoms with Gasteiger partial charge in [-0.3, -0.25) is 9.55 Å². The van der Waals surface area contributed by atoms with Crippen molar-refractivity contribution in [2.45, 2.75) is 12.8 Å². The summed E-state index contributed by atoms with van der Waals surface area (Å²) >= 11 is 0. The third-order valence-corrected chi connectivity index (χ3v) is 5.24. The second kappa shape index (κ2) is 10.0. The fourth-order valence-electron chi connectivity index (χ4n) is 3.43. The number of rotatable bonds is 6. The fraction of sp³-hybridized carbons (Fsp3) is 0.304. The monoisotopic (exact) mass is 487 g/mol. The third-order valence-electron chi connectivity index (χ3n) is 5.24. The molecule has 9 nitrogen and oxygen atoms in total. The van der Waals surface area contributed by atoms with E-state index < -0.39 is 17.4 Å². The van der Waals surface area contributed by atoms with Crippen molar-refractivity contribution in [3.8, 4) is 23.4 Å². The van der Waals surface area contributed by atoms with Crippen LogP contribution in [0.3, 0.4) is 0 Å². The Kier molecular flexibility index (Phi) is 6.88. The molecule has 0 spiro atoms. The van der Waals surface area contributed by atoms with Gasteiger partial charge in [-0.2, -0.15) is 23.4 Å². The smallest absolute Gasteiger partial charge is 0.418 e. The van der Waals surface area contributed by atoms with Crippen LogP contribution in [0.15, 0.2) is 47.5 Å². The molecule has 35 heavy (non-hydrogen) atoms. The lowest BCUT2D eigenvalue weighted by molar-refractivity contribution is -0.137. The van der Waals surface area contributed by atoms with E-state index in [0.29, 0.717) is 43.9 Å². The summed E-state index contributed by atoms with van der Waals surface area (Å²) in [6.45, 7) is 2.36. The van der Waals surface area contributed by atoms with Crippen LogP contribution in [0, 0.1) is 11.3 Å². The van der Waals surface area contributed by atoms with Crippen LogP contribution in [0.5, 0.6) is 17.4 Å². The number of hydrogen-bond donors (Lipinski definition) is 0. The minimum atomic E-state index is -4.57. The maximum atomic E-state index is 12.9. The van der Waals surface area contributed by atoms with Crippen LogP contribution in [0.1, 0.15) is 16.7 Å². The maximum absolute atomic E-state index is 12.9. The summed E-state index contributed by atoms with van der Waals surface area (Å²) in [5, 5.41) is 9.50. The highest BCUT2D eigenvalue weighted by Gasteiger charge is 2.31. The Morgan fingerprint density at radius 3 is 2.66 bits per heavy atom. The van der Waals surface area contributed by atoms with E-state index in [-0.39, 0.29) is 29.5 Å². The average molecular weight is 487 g/mol. The van der Waals surface area contributed by atoms with Crippen molar-refractivity contribution in [3.05, 3.63) is 69.9 Å². The average Bonchev–Trinajstić information content (AvgIpc) is 2.85. The van der Waals surface area contributed by atoms with Gasteiger partial charge in [0.1, 0.15) is 30.0 Å². The first-order valence-electron chi connectivity index (χ1n) is 10.5. The highest BCUT2D eigenvalue weighted by atomic mass is 19.4. The molecule has 1 saturated heterocycles. The molecule has 0 amide bonds. The SMILES string of the molecule is Cn1c(N2CCOCC2)cc(OCc2ccc(Oc3cncc(C(F)(F)F)c3)c(C#N)c2)nc1=O. The first kappa shape index (κ1) is 24.0. The summed E-state index contributed by atoms with van der Waals surface area (Å²) in [5.41, 5.74) is -0.766. The molecular weight excluding hydrogens is 467 g/mol. The van der Waals surface area contributed by atoms with Crippen molar-refractivity contribution in [2.75, 3.05) is 31.2 Å². The highest BCUT2D eigenvalue weighted by molar-refractivity contribution is 5.48. The minimum Gasteiger partial charge on any atom is -0.473 e. The number of morpholine rings is 1. The quantitative estimate of drug-likeness (QED) is 0.522. The molecule has 0 unspecified atom stereocenters. The molecule has 0 saturated carbocycles. The molecule has 0 radical (unpaired) electrons. The van der Waals surface area contributed by atoms with Crippen molar-refractivity contribution in [1.29, 1.82) is 5.26 Å². The molecule has 2 aromatic heterocycles. The number of ether oxygens (including phenoxy) is 3. The van der Waals surface area contributed by atoms with Gasteiger partial charge in [0.25, 0.3) is 0 Å². The number of nitriles is 1. The molecule has 1 aliphatic rings. The van der Waals surface area contributed by atoms with Crippen LogP contribution in [0.2, 0.25) is 0 Å². The predicted molar refractivity (Wildman–Crippen MR) is 117 cm³/mol. The lowest BCUT2D eigenvalue weighted by atomic mass is 10.1. The zero-order chi connectivity index (χ0) is 25.0. The summed E-state index contributed by atoms with van der Waals surface area (Å²) in [4.78, 5) is 21.8. The summed E-state index contributed by atoms with van der Waals surface area (Å²) in [7, 11) is 1.63. The maximum Gasteiger partial charge on any atom is 0.418 e. The van der Waals surface area contributed by atoms with Gasteiger partial charge in [0.2, 0.25) is 5.88 Å². The zero-order valence-corrected chi connectivity index (χ0v) is 18.6. The van der Waals surface area contributed by atoms with E-state index in [9.17, 15) is 23.2 Å². The van der Waals surface area contributed by atoms with Crippen LogP contribution >= 0.6 is 0 Å². The van der Waals surface area contributed by atoms with Gasteiger partial charge in [0, 0.05) is 32.4 Å². The van der Waals surface area contributed by atoms with Crippen LogP contribution in [0.25, 0.3) is 0 Å². The van der Waals surface area contributed by atoms with E-state index in [1.54, 1.807) is 19.2 Å². The van der Waals surface area contributed by atoms with Crippen LogP contribution in [-0.4, -0.2) is 40.8 Å². The molecular formula is C23H20F3N5O4. The molecule has 1 fully saturated rings. The number of alkyl halides is 3. The second-order valence-corrected chi connectivity index (χ2v) is 7.63. The summed E-state index contributed by atoms with van der Waals surface area (Å²) < 4.78 is 56.7. The van der Waals surface area contributed by atoms with E-state index in [2.05, 4.69) is 9.97 Å². The van der Waals surface area contributed by atoms with Gasteiger partial charge in [-0.25, -0.2) is 4.79 Å². The van der Waals surface area contributed by atoms with Gasteiger partial charge >= 0.3 is 11.9 Å². The van der Waals surface area contributed by atoms with Gasteiger partial charge in [-0.05, 0) is 23.8 Å². The van der Waals surface area contributed by atoms with Crippen molar-refractivity contribution in [3.63, 3.8) is 0 Å². The minimum absolute atomic E-state index is 0.00277. The number of benzene rings is 1. The number of nitrogens with zero attached hydrogens (tertiary/aromatic N) is 5. The normalized spacial score (nSPS) is 13.9. The Bertz CT molecular complexity index is 1310. The molecule has 12 heteroatoms. The number of anilines is 1. The van der Waals surface area contributed by atoms with Crippen molar-refractivity contribution < 1.29 is 27.4 Å². The Labute approximate surface area is 197 Å². The van der Waals surface area contributed by atoms with Gasteiger partial charge in [0.05, 0.1) is 30.5 Å². The van der Waals surface area contributed by atoms with Crippen molar-refractivity contribution in [1.82, 2.24) is 14.5 Å². The molecule has 0 atom stereocenters. The second-order valence-electron chi connectivity index (χ2n) is 7.63. The van der Waals surface area contributed by atoms with E-state index in [4.69, 9.17) is 14.2 Å². The number of aromatic nitrogens is 3. The Morgan fingerprint density at radius 2 is 1.94 bits per heavy atom. The Hall–Kier alpha value is -4.11. The van der Waals surface area contributed by atoms with Crippen molar-refractivity contribution >= 4 is 5.82 Å². The van der Waals surface area contributed by atoms with E-state index in [1.807, 2.05) is 11.0 Å². The van der Waals surface area contributed by atoms with E-state index in [1.165, 1.54) is 16.7 Å². The molecule has 0 bridgehead atoms. The molecule has 182 valence electrons. The Morgan fingerprint density at radius 1 is 1.17 bits per heavy atom. The first-order valence-corrected chi connectivity index (χ1v) is 10.5. The number of pyridine rings is 1. The molecule has 4 rings (SSSR count). The highest BCUT2D eigenvalue weighted by Crippen LogP contribution is 2.33. The predicted octanol–water partition coefficient (Wildman–Crippen LogP) is 3.27. The zero-order valence-electron chi connectivity index (χ0n) is 18.6. The van der Waals surface area contributed by atoms with Gasteiger partial charge in [-0.15, -0.1) is 0 Å². The topological polar surface area (TPSA) is 102 Å². The Balaban J connectivity index is 1.49. The fourth-order valence-corrected chi connectivity index (χ4v) is 3.43. The molecule has 0 N–H and O–H groups in total. The van der Waals surface area contributed by atoms with Gasteiger partial charge in [0.15, 0.2) is 0 Å². The molecule has 0 aliphatic carbocycles. The van der Waals surface area contributed by atoms with E-state index in [0.717, 1.165) is 12.3 Å². The first-order chi connectivity index (χ1) is 16.7. The van der Waals surface area contributed by atoms with Crippen LogP contribution in [-0.2, 0) is 24.6 Å². The lowest BCUT2D eigenvalue weighted by Gasteiger charge is -2.29. The van der Waals surface area contributed by atoms with Gasteiger partial charge < -0.3 is 19.1 Å². The molecule has 3 heterocycles. The van der Waals surface area contributed by atoms with Gasteiger partial charge in [-0.1, -0.05) is 6.07 Å². The van der Waals surface area contributed by atoms with Crippen LogP contribution in [0.4, 0.5) is 19.0 Å². The molecule has 1 aliphatic heterocycles. The third kappa shape index (κ3) is 5.70. The van der Waals surface area contributed by atoms with Crippen LogP contribution < -0.4 is 20.1 Å². The largest absolute Gasteiger partial charge is 0.473 e. The molecule has 3 aromatic rings. The van der Waals surface area contributed by atoms with E-state index >= 15 is 0 Å². The number of halogens is 3. The number of hydrogen-bond acceptors (Lipinski definition) is 8. The lowest BCUT2D eigenvalue weighted by Crippen LogP contribution is -2.39. The summed E-state index contributed by atoms with van der Waals surface area (Å²) in [6.07, 6.45) is -2.76.